The van der Waals surface area contributed by atoms with Gasteiger partial charge in [0.2, 0.25) is 0 Å². The fourth-order valence-electron chi connectivity index (χ4n) is 0.635. The summed E-state index contributed by atoms with van der Waals surface area (Å²) in [5, 5.41) is 0. The van der Waals surface area contributed by atoms with Crippen molar-refractivity contribution in [1.82, 2.24) is 0 Å². The molecule has 5 heteroatoms. The molecule has 1 unspecified atom stereocenters. The number of benzene rings is 1. The fraction of sp³-hybridized carbons (Fsp3) is 0. The molecule has 0 fully saturated rings. The Kier molecular flexibility index (Phi) is 2.87. The lowest BCUT2D eigenvalue weighted by molar-refractivity contribution is 0.566. The molecule has 0 spiro atoms. The summed E-state index contributed by atoms with van der Waals surface area (Å²) >= 11 is 3.26. The van der Waals surface area contributed by atoms with Crippen molar-refractivity contribution in [2.24, 2.45) is 0 Å². The van der Waals surface area contributed by atoms with Gasteiger partial charge in [-0.05, 0) is 12.1 Å². The average Bonchev–Trinajstić information content (AvgIpc) is 2.05. The van der Waals surface area contributed by atoms with Gasteiger partial charge in [-0.3, -0.25) is 4.55 Å². The van der Waals surface area contributed by atoms with E-state index in [0.717, 1.165) is 3.82 Å². The first-order chi connectivity index (χ1) is 5.22. The number of hydrogen-bond acceptors (Lipinski definition) is 1. The van der Waals surface area contributed by atoms with Crippen LogP contribution in [0.25, 0.3) is 0 Å². The molecule has 60 valence electrons. The van der Waals surface area contributed by atoms with Crippen LogP contribution in [0.2, 0.25) is 0 Å². The van der Waals surface area contributed by atoms with Crippen molar-refractivity contribution in [3.05, 3.63) is 30.3 Å². The molecule has 1 aromatic rings. The second kappa shape index (κ2) is 3.71. The Morgan fingerprint density at radius 2 is 1.91 bits per heavy atom. The van der Waals surface area contributed by atoms with Crippen molar-refractivity contribution in [3.63, 3.8) is 0 Å². The van der Waals surface area contributed by atoms with Crippen LogP contribution >= 0.6 is 11.8 Å². The molecule has 0 amide bonds. The quantitative estimate of drug-likeness (QED) is 0.572. The van der Waals surface area contributed by atoms with Gasteiger partial charge in [0.05, 0.1) is 5.69 Å². The number of hydrogen-bond donors (Lipinski definition) is 1. The van der Waals surface area contributed by atoms with Gasteiger partial charge in [0, 0.05) is 11.8 Å². The second-order valence-corrected chi connectivity index (χ2v) is 3.18. The third-order valence-corrected chi connectivity index (χ3v) is 2.13. The molecule has 0 aliphatic rings. The lowest BCUT2D eigenvalue weighted by Gasteiger charge is -2.08. The number of rotatable bonds is 2. The van der Waals surface area contributed by atoms with E-state index in [2.05, 4.69) is 0 Å². The lowest BCUT2D eigenvalue weighted by atomic mass is 10.3. The zero-order valence-corrected chi connectivity index (χ0v) is 7.05. The van der Waals surface area contributed by atoms with E-state index in [9.17, 15) is 4.21 Å². The Morgan fingerprint density at radius 1 is 1.36 bits per heavy atom. The van der Waals surface area contributed by atoms with E-state index in [1.54, 1.807) is 30.3 Å². The van der Waals surface area contributed by atoms with E-state index in [1.165, 1.54) is 0 Å². The summed E-state index contributed by atoms with van der Waals surface area (Å²) in [6, 6.07) is 8.55. The van der Waals surface area contributed by atoms with Crippen molar-refractivity contribution in [2.75, 3.05) is 3.82 Å². The highest BCUT2D eigenvalue weighted by Crippen LogP contribution is 2.16. The number of para-hydroxylation sites is 1. The molecule has 0 bridgehead atoms. The van der Waals surface area contributed by atoms with E-state index in [0.29, 0.717) is 5.69 Å². The molecule has 0 aliphatic carbocycles. The SMILES string of the molecule is O=S(O)N(Cl)c1ccccc1. The van der Waals surface area contributed by atoms with Gasteiger partial charge in [-0.25, -0.2) is 4.21 Å². The van der Waals surface area contributed by atoms with E-state index >= 15 is 0 Å². The Balaban J connectivity index is 2.85. The maximum absolute atomic E-state index is 10.4. The maximum atomic E-state index is 10.4. The minimum atomic E-state index is -2.16. The topological polar surface area (TPSA) is 40.5 Å². The predicted molar refractivity (Wildman–Crippen MR) is 45.5 cm³/mol. The molecule has 0 radical (unpaired) electrons. The van der Waals surface area contributed by atoms with Crippen LogP contribution in [-0.2, 0) is 11.3 Å². The fourth-order valence-corrected chi connectivity index (χ4v) is 1.05. The van der Waals surface area contributed by atoms with Crippen molar-refractivity contribution < 1.29 is 8.76 Å². The van der Waals surface area contributed by atoms with Gasteiger partial charge in [-0.1, -0.05) is 18.2 Å². The van der Waals surface area contributed by atoms with Crippen LogP contribution in [0.3, 0.4) is 0 Å². The molecule has 0 saturated carbocycles. The van der Waals surface area contributed by atoms with E-state index in [1.807, 2.05) is 0 Å². The van der Waals surface area contributed by atoms with Crippen LogP contribution in [0.4, 0.5) is 5.69 Å². The molecule has 0 saturated heterocycles. The summed E-state index contributed by atoms with van der Waals surface area (Å²) in [4.78, 5) is 0. The van der Waals surface area contributed by atoms with E-state index in [4.69, 9.17) is 16.3 Å². The summed E-state index contributed by atoms with van der Waals surface area (Å²) in [5.74, 6) is 0. The first kappa shape index (κ1) is 8.52. The van der Waals surface area contributed by atoms with Gasteiger partial charge in [-0.2, -0.15) is 3.82 Å². The van der Waals surface area contributed by atoms with Gasteiger partial charge in [0.15, 0.2) is 0 Å². The maximum Gasteiger partial charge on any atom is 0.277 e. The molecule has 11 heavy (non-hydrogen) atoms. The average molecular weight is 192 g/mol. The first-order valence-corrected chi connectivity index (χ1v) is 4.24. The van der Waals surface area contributed by atoms with Crippen LogP contribution in [0, 0.1) is 0 Å². The molecule has 0 heterocycles. The Hall–Kier alpha value is -0.580. The molecular formula is C6H6ClNO2S. The van der Waals surface area contributed by atoms with Gasteiger partial charge in [-0.15, -0.1) is 0 Å². The molecule has 1 rings (SSSR count). The summed E-state index contributed by atoms with van der Waals surface area (Å²) < 4.78 is 19.7. The van der Waals surface area contributed by atoms with Crippen molar-refractivity contribution >= 4 is 28.7 Å². The number of nitrogens with zero attached hydrogens (tertiary/aromatic N) is 1. The van der Waals surface area contributed by atoms with Crippen LogP contribution in [-0.4, -0.2) is 8.76 Å². The molecule has 1 aromatic carbocycles. The van der Waals surface area contributed by atoms with E-state index < -0.39 is 11.3 Å². The second-order valence-electron chi connectivity index (χ2n) is 1.81. The summed E-state index contributed by atoms with van der Waals surface area (Å²) in [7, 11) is 0. The highest BCUT2D eigenvalue weighted by atomic mass is 35.5. The van der Waals surface area contributed by atoms with Gasteiger partial charge < -0.3 is 0 Å². The van der Waals surface area contributed by atoms with Gasteiger partial charge in [0.25, 0.3) is 11.3 Å². The summed E-state index contributed by atoms with van der Waals surface area (Å²) in [5.41, 5.74) is 0.495. The standard InChI is InChI=1S/C6H6ClNO2S/c7-8(11(9)10)6-4-2-1-3-5-6/h1-5H,(H,9,10). The van der Waals surface area contributed by atoms with Crippen molar-refractivity contribution in [3.8, 4) is 0 Å². The van der Waals surface area contributed by atoms with Crippen LogP contribution in [0.1, 0.15) is 0 Å². The molecule has 0 aromatic heterocycles. The zero-order valence-electron chi connectivity index (χ0n) is 5.48. The highest BCUT2D eigenvalue weighted by molar-refractivity contribution is 7.82. The van der Waals surface area contributed by atoms with Crippen molar-refractivity contribution in [1.29, 1.82) is 0 Å². The molecule has 1 atom stereocenters. The summed E-state index contributed by atoms with van der Waals surface area (Å²) in [6.45, 7) is 0. The summed E-state index contributed by atoms with van der Waals surface area (Å²) in [6.07, 6.45) is 0. The smallest absolute Gasteiger partial charge is 0.277 e. The molecular weight excluding hydrogens is 186 g/mol. The normalized spacial score (nSPS) is 12.5. The van der Waals surface area contributed by atoms with Crippen molar-refractivity contribution in [2.45, 2.75) is 0 Å². The van der Waals surface area contributed by atoms with Crippen LogP contribution < -0.4 is 3.82 Å². The predicted octanol–water partition coefficient (Wildman–Crippen LogP) is 1.78. The highest BCUT2D eigenvalue weighted by Gasteiger charge is 2.06. The number of anilines is 1. The Labute approximate surface area is 72.1 Å². The third-order valence-electron chi connectivity index (χ3n) is 1.10. The third kappa shape index (κ3) is 2.18. The molecule has 3 nitrogen and oxygen atoms in total. The van der Waals surface area contributed by atoms with Gasteiger partial charge in [0.1, 0.15) is 0 Å². The monoisotopic (exact) mass is 191 g/mol. The van der Waals surface area contributed by atoms with E-state index in [-0.39, 0.29) is 0 Å². The largest absolute Gasteiger partial charge is 0.288 e. The minimum absolute atomic E-state index is 0.495. The zero-order chi connectivity index (χ0) is 8.27. The first-order valence-electron chi connectivity index (χ1n) is 2.84. The number of halogens is 1. The van der Waals surface area contributed by atoms with Crippen LogP contribution in [0.15, 0.2) is 30.3 Å². The Bertz CT molecular complexity index is 254. The Morgan fingerprint density at radius 3 is 2.36 bits per heavy atom. The van der Waals surface area contributed by atoms with Crippen LogP contribution in [0.5, 0.6) is 0 Å². The minimum Gasteiger partial charge on any atom is -0.288 e. The lowest BCUT2D eigenvalue weighted by Crippen LogP contribution is -2.11. The molecule has 0 aliphatic heterocycles. The molecule has 1 N–H and O–H groups in total. The van der Waals surface area contributed by atoms with Gasteiger partial charge >= 0.3 is 0 Å².